The molecule has 0 radical (unpaired) electrons. The average molecular weight is 991 g/mol. The summed E-state index contributed by atoms with van der Waals surface area (Å²) >= 11 is 0. The SMILES string of the molecule is c1ccc(-c2ccc(-c3c4ccccc4c(-c4cccc5oc6ccccc6c45)c4cc(-c5ccc6c(c5)oc5cccc(-c7c8ccccc8c(-c8cccc(-c9ccccc9)c8)c8ccccc78)c56)ccc34)cc2)cc1. The van der Waals surface area contributed by atoms with E-state index in [0.29, 0.717) is 0 Å². The van der Waals surface area contributed by atoms with Crippen molar-refractivity contribution in [3.63, 3.8) is 0 Å². The molecule has 16 aromatic rings. The third-order valence-electron chi connectivity index (χ3n) is 16.3. The van der Waals surface area contributed by atoms with Crippen molar-refractivity contribution in [1.29, 1.82) is 0 Å². The molecule has 0 amide bonds. The van der Waals surface area contributed by atoms with Gasteiger partial charge in [-0.3, -0.25) is 0 Å². The van der Waals surface area contributed by atoms with Gasteiger partial charge < -0.3 is 8.83 Å². The summed E-state index contributed by atoms with van der Waals surface area (Å²) in [6, 6.07) is 101. The molecule has 0 spiro atoms. The lowest BCUT2D eigenvalue weighted by Crippen LogP contribution is -1.92. The highest BCUT2D eigenvalue weighted by Gasteiger charge is 2.24. The van der Waals surface area contributed by atoms with E-state index in [1.54, 1.807) is 0 Å². The van der Waals surface area contributed by atoms with Crippen LogP contribution in [-0.2, 0) is 0 Å². The van der Waals surface area contributed by atoms with Gasteiger partial charge in [-0.05, 0) is 163 Å². The Balaban J connectivity index is 0.894. The van der Waals surface area contributed by atoms with Crippen LogP contribution in [0.25, 0.3) is 165 Å². The highest BCUT2D eigenvalue weighted by atomic mass is 16.3. The fourth-order valence-electron chi connectivity index (χ4n) is 12.8. The maximum absolute atomic E-state index is 6.98. The summed E-state index contributed by atoms with van der Waals surface area (Å²) in [6.07, 6.45) is 0. The molecular formula is C76H46O2. The molecule has 78 heavy (non-hydrogen) atoms. The first-order valence-electron chi connectivity index (χ1n) is 26.8. The molecule has 0 bridgehead atoms. The zero-order chi connectivity index (χ0) is 51.3. The van der Waals surface area contributed by atoms with Gasteiger partial charge in [-0.2, -0.15) is 0 Å². The third-order valence-corrected chi connectivity index (χ3v) is 16.3. The van der Waals surface area contributed by atoms with E-state index in [4.69, 9.17) is 8.83 Å². The molecule has 16 rings (SSSR count). The van der Waals surface area contributed by atoms with Gasteiger partial charge in [0, 0.05) is 21.5 Å². The molecule has 0 N–H and O–H groups in total. The monoisotopic (exact) mass is 990 g/mol. The van der Waals surface area contributed by atoms with E-state index in [9.17, 15) is 0 Å². The standard InChI is InChI=1S/C76H46O2/c1-3-18-47(19-4-1)49-36-38-50(39-37-49)71-55-24-7-12-29-60(55)74(65-32-17-34-68-75(65)62-30-13-14-33-67(62)77-68)66-45-52(40-42-61(66)71)53-41-43-63-70(46-53)78-69-35-16-31-64(76(63)69)73-58-27-10-8-25-56(58)72(57-26-9-11-28-59(57)73)54-23-15-22-51(44-54)48-20-5-2-6-21-48/h1-46H. The lowest BCUT2D eigenvalue weighted by Gasteiger charge is -2.19. The van der Waals surface area contributed by atoms with Crippen LogP contribution in [0.15, 0.2) is 288 Å². The summed E-state index contributed by atoms with van der Waals surface area (Å²) in [6.45, 7) is 0. The summed E-state index contributed by atoms with van der Waals surface area (Å²) in [5.74, 6) is 0. The molecule has 0 unspecified atom stereocenters. The van der Waals surface area contributed by atoms with E-state index in [0.717, 1.165) is 66.1 Å². The predicted octanol–water partition coefficient (Wildman–Crippen LogP) is 21.8. The molecule has 14 aromatic carbocycles. The summed E-state index contributed by atoms with van der Waals surface area (Å²) in [4.78, 5) is 0. The smallest absolute Gasteiger partial charge is 0.136 e. The largest absolute Gasteiger partial charge is 0.456 e. The molecule has 0 aliphatic rings. The molecule has 2 heteroatoms. The Hall–Kier alpha value is -10.3. The Labute approximate surface area is 450 Å². The van der Waals surface area contributed by atoms with E-state index in [1.165, 1.54) is 98.7 Å². The van der Waals surface area contributed by atoms with Crippen LogP contribution in [0.3, 0.4) is 0 Å². The second-order valence-electron chi connectivity index (χ2n) is 20.6. The topological polar surface area (TPSA) is 26.3 Å². The molecular weight excluding hydrogens is 945 g/mol. The predicted molar refractivity (Wildman–Crippen MR) is 329 cm³/mol. The fraction of sp³-hybridized carbons (Fsp3) is 0. The molecule has 0 fully saturated rings. The Morgan fingerprint density at radius 2 is 0.513 bits per heavy atom. The van der Waals surface area contributed by atoms with Gasteiger partial charge in [-0.15, -0.1) is 0 Å². The third kappa shape index (κ3) is 6.90. The second-order valence-corrected chi connectivity index (χ2v) is 20.6. The summed E-state index contributed by atoms with van der Waals surface area (Å²) in [7, 11) is 0. The number of hydrogen-bond donors (Lipinski definition) is 0. The number of hydrogen-bond acceptors (Lipinski definition) is 2. The van der Waals surface area contributed by atoms with Gasteiger partial charge in [-0.25, -0.2) is 0 Å². The minimum Gasteiger partial charge on any atom is -0.456 e. The van der Waals surface area contributed by atoms with Crippen molar-refractivity contribution in [2.75, 3.05) is 0 Å². The van der Waals surface area contributed by atoms with Crippen molar-refractivity contribution in [3.05, 3.63) is 279 Å². The van der Waals surface area contributed by atoms with Crippen LogP contribution in [0.1, 0.15) is 0 Å². The quantitative estimate of drug-likeness (QED) is 0.149. The van der Waals surface area contributed by atoms with Gasteiger partial charge in [0.2, 0.25) is 0 Å². The van der Waals surface area contributed by atoms with Crippen molar-refractivity contribution in [3.8, 4) is 77.9 Å². The summed E-state index contributed by atoms with van der Waals surface area (Å²) in [5, 5.41) is 14.0. The van der Waals surface area contributed by atoms with Gasteiger partial charge in [0.25, 0.3) is 0 Å². The van der Waals surface area contributed by atoms with Crippen LogP contribution in [0, 0.1) is 0 Å². The number of furan rings is 2. The van der Waals surface area contributed by atoms with E-state index < -0.39 is 0 Å². The van der Waals surface area contributed by atoms with Crippen LogP contribution in [-0.4, -0.2) is 0 Å². The van der Waals surface area contributed by atoms with E-state index >= 15 is 0 Å². The number of rotatable bonds is 7. The maximum atomic E-state index is 6.98. The summed E-state index contributed by atoms with van der Waals surface area (Å²) < 4.78 is 13.5. The first-order valence-corrected chi connectivity index (χ1v) is 26.8. The zero-order valence-corrected chi connectivity index (χ0v) is 42.4. The number of benzene rings is 14. The van der Waals surface area contributed by atoms with E-state index in [2.05, 4.69) is 273 Å². The molecule has 2 nitrogen and oxygen atoms in total. The highest BCUT2D eigenvalue weighted by molar-refractivity contribution is 6.28. The molecule has 0 atom stereocenters. The van der Waals surface area contributed by atoms with Gasteiger partial charge >= 0.3 is 0 Å². The van der Waals surface area contributed by atoms with Gasteiger partial charge in [0.05, 0.1) is 0 Å². The minimum atomic E-state index is 0.852. The van der Waals surface area contributed by atoms with Crippen LogP contribution >= 0.6 is 0 Å². The van der Waals surface area contributed by atoms with Crippen molar-refractivity contribution in [2.24, 2.45) is 0 Å². The normalized spacial score (nSPS) is 11.8. The average Bonchev–Trinajstić information content (AvgIpc) is 4.25. The maximum Gasteiger partial charge on any atom is 0.136 e. The number of para-hydroxylation sites is 1. The first-order chi connectivity index (χ1) is 38.7. The molecule has 2 aromatic heterocycles. The fourth-order valence-corrected chi connectivity index (χ4v) is 12.8. The van der Waals surface area contributed by atoms with Crippen LogP contribution in [0.2, 0.25) is 0 Å². The lowest BCUT2D eigenvalue weighted by atomic mass is 9.83. The summed E-state index contributed by atoms with van der Waals surface area (Å²) in [5.41, 5.74) is 20.0. The molecule has 0 aliphatic heterocycles. The van der Waals surface area contributed by atoms with Gasteiger partial charge in [0.15, 0.2) is 0 Å². The van der Waals surface area contributed by atoms with E-state index in [-0.39, 0.29) is 0 Å². The van der Waals surface area contributed by atoms with Crippen LogP contribution in [0.4, 0.5) is 0 Å². The zero-order valence-electron chi connectivity index (χ0n) is 42.4. The second kappa shape index (κ2) is 17.7. The molecule has 0 saturated heterocycles. The Bertz CT molecular complexity index is 5000. The Morgan fingerprint density at radius 3 is 1.12 bits per heavy atom. The molecule has 0 saturated carbocycles. The van der Waals surface area contributed by atoms with Gasteiger partial charge in [-0.1, -0.05) is 237 Å². The highest BCUT2D eigenvalue weighted by Crippen LogP contribution is 2.50. The van der Waals surface area contributed by atoms with Crippen molar-refractivity contribution >= 4 is 87.0 Å². The first kappa shape index (κ1) is 44.1. The van der Waals surface area contributed by atoms with Crippen LogP contribution < -0.4 is 0 Å². The molecule has 2 heterocycles. The molecule has 362 valence electrons. The van der Waals surface area contributed by atoms with Crippen molar-refractivity contribution in [2.45, 2.75) is 0 Å². The number of fused-ring (bicyclic) bond motifs is 10. The molecule has 0 aliphatic carbocycles. The van der Waals surface area contributed by atoms with Crippen molar-refractivity contribution in [1.82, 2.24) is 0 Å². The van der Waals surface area contributed by atoms with Gasteiger partial charge in [0.1, 0.15) is 22.3 Å². The lowest BCUT2D eigenvalue weighted by molar-refractivity contribution is 0.668. The minimum absolute atomic E-state index is 0.852. The van der Waals surface area contributed by atoms with Crippen molar-refractivity contribution < 1.29 is 8.83 Å². The Morgan fingerprint density at radius 1 is 0.167 bits per heavy atom. The Kier molecular flexibility index (Phi) is 9.98. The van der Waals surface area contributed by atoms with E-state index in [1.807, 2.05) is 6.07 Å². The van der Waals surface area contributed by atoms with Crippen LogP contribution in [0.5, 0.6) is 0 Å².